The summed E-state index contributed by atoms with van der Waals surface area (Å²) >= 11 is 0. The SMILES string of the molecule is CC.CCc1c(CC)c(CC)c(C(F)(F)F)c2c1CCC2. The number of alkyl halides is 3. The Morgan fingerprint density at radius 1 is 0.762 bits per heavy atom. The summed E-state index contributed by atoms with van der Waals surface area (Å²) in [6.07, 6.45) is 0.0715. The first-order valence-corrected chi connectivity index (χ1v) is 8.21. The molecule has 120 valence electrons. The molecule has 0 N–H and O–H groups in total. The number of hydrogen-bond donors (Lipinski definition) is 0. The zero-order valence-electron chi connectivity index (χ0n) is 13.9. The zero-order chi connectivity index (χ0) is 16.2. The molecule has 0 aromatic heterocycles. The van der Waals surface area contributed by atoms with Crippen LogP contribution in [-0.2, 0) is 38.3 Å². The summed E-state index contributed by atoms with van der Waals surface area (Å²) in [4.78, 5) is 0. The van der Waals surface area contributed by atoms with Gasteiger partial charge in [-0.25, -0.2) is 0 Å². The van der Waals surface area contributed by atoms with E-state index in [4.69, 9.17) is 0 Å². The highest BCUT2D eigenvalue weighted by molar-refractivity contribution is 5.55. The molecular formula is C18H27F3. The van der Waals surface area contributed by atoms with E-state index in [2.05, 4.69) is 6.92 Å². The standard InChI is InChI=1S/C16H21F3.C2H6/c1-4-10-11(5-2)13-8-7-9-14(13)15(12(10)6-3)16(17,18)19;1-2/h4-9H2,1-3H3;1-2H3. The Labute approximate surface area is 126 Å². The van der Waals surface area contributed by atoms with Crippen molar-refractivity contribution in [3.8, 4) is 0 Å². The van der Waals surface area contributed by atoms with Crippen LogP contribution >= 0.6 is 0 Å². The lowest BCUT2D eigenvalue weighted by molar-refractivity contribution is -0.138. The lowest BCUT2D eigenvalue weighted by Gasteiger charge is -2.23. The van der Waals surface area contributed by atoms with Crippen LogP contribution in [0.15, 0.2) is 0 Å². The van der Waals surface area contributed by atoms with Crippen LogP contribution < -0.4 is 0 Å². The van der Waals surface area contributed by atoms with Crippen molar-refractivity contribution in [1.29, 1.82) is 0 Å². The maximum absolute atomic E-state index is 13.4. The molecular weight excluding hydrogens is 273 g/mol. The van der Waals surface area contributed by atoms with Gasteiger partial charge < -0.3 is 0 Å². The van der Waals surface area contributed by atoms with Crippen LogP contribution in [0.4, 0.5) is 13.2 Å². The molecule has 0 amide bonds. The Bertz CT molecular complexity index is 484. The van der Waals surface area contributed by atoms with Crippen LogP contribution in [0.3, 0.4) is 0 Å². The minimum Gasteiger partial charge on any atom is -0.166 e. The largest absolute Gasteiger partial charge is 0.416 e. The van der Waals surface area contributed by atoms with Crippen LogP contribution in [0, 0.1) is 0 Å². The number of rotatable bonds is 3. The number of fused-ring (bicyclic) bond motifs is 1. The molecule has 0 unspecified atom stereocenters. The summed E-state index contributed by atoms with van der Waals surface area (Å²) in [5, 5.41) is 0. The van der Waals surface area contributed by atoms with E-state index >= 15 is 0 Å². The molecule has 0 fully saturated rings. The van der Waals surface area contributed by atoms with Gasteiger partial charge in [0, 0.05) is 0 Å². The molecule has 1 aromatic carbocycles. The molecule has 0 saturated carbocycles. The Balaban J connectivity index is 0.00000106. The van der Waals surface area contributed by atoms with E-state index in [0.29, 0.717) is 30.4 Å². The van der Waals surface area contributed by atoms with Crippen LogP contribution in [0.1, 0.15) is 74.4 Å². The van der Waals surface area contributed by atoms with Gasteiger partial charge in [0.05, 0.1) is 5.56 Å². The van der Waals surface area contributed by atoms with Crippen LogP contribution in [0.5, 0.6) is 0 Å². The Kier molecular flexibility index (Phi) is 6.30. The predicted octanol–water partition coefficient (Wildman–Crippen LogP) is 5.91. The van der Waals surface area contributed by atoms with E-state index in [0.717, 1.165) is 30.4 Å². The van der Waals surface area contributed by atoms with Gasteiger partial charge in [-0.3, -0.25) is 0 Å². The smallest absolute Gasteiger partial charge is 0.166 e. The van der Waals surface area contributed by atoms with Gasteiger partial charge >= 0.3 is 6.18 Å². The highest BCUT2D eigenvalue weighted by atomic mass is 19.4. The van der Waals surface area contributed by atoms with Gasteiger partial charge in [-0.1, -0.05) is 34.6 Å². The van der Waals surface area contributed by atoms with Crippen molar-refractivity contribution in [1.82, 2.24) is 0 Å². The Morgan fingerprint density at radius 3 is 1.67 bits per heavy atom. The maximum Gasteiger partial charge on any atom is 0.416 e. The minimum atomic E-state index is -4.21. The van der Waals surface area contributed by atoms with E-state index < -0.39 is 6.18 Å². The fourth-order valence-electron chi connectivity index (χ4n) is 3.64. The third kappa shape index (κ3) is 3.27. The van der Waals surface area contributed by atoms with Gasteiger partial charge in [-0.05, 0) is 66.3 Å². The van der Waals surface area contributed by atoms with E-state index in [1.165, 1.54) is 5.56 Å². The molecule has 0 heterocycles. The quantitative estimate of drug-likeness (QED) is 0.651. The van der Waals surface area contributed by atoms with Crippen molar-refractivity contribution < 1.29 is 13.2 Å². The molecule has 0 nitrogen and oxygen atoms in total. The number of hydrogen-bond acceptors (Lipinski definition) is 0. The number of halogens is 3. The van der Waals surface area contributed by atoms with Crippen molar-refractivity contribution in [3.63, 3.8) is 0 Å². The van der Waals surface area contributed by atoms with Crippen LogP contribution in [0.2, 0.25) is 0 Å². The lowest BCUT2D eigenvalue weighted by Crippen LogP contribution is -2.17. The monoisotopic (exact) mass is 300 g/mol. The van der Waals surface area contributed by atoms with Gasteiger partial charge in [0.25, 0.3) is 0 Å². The van der Waals surface area contributed by atoms with E-state index in [1.807, 2.05) is 27.7 Å². The second-order valence-electron chi connectivity index (χ2n) is 5.18. The summed E-state index contributed by atoms with van der Waals surface area (Å²) < 4.78 is 40.3. The third-order valence-corrected chi connectivity index (χ3v) is 4.26. The summed E-state index contributed by atoms with van der Waals surface area (Å²) in [7, 11) is 0. The van der Waals surface area contributed by atoms with E-state index in [1.54, 1.807) is 0 Å². The van der Waals surface area contributed by atoms with Crippen molar-refractivity contribution >= 4 is 0 Å². The Hall–Kier alpha value is -0.990. The van der Waals surface area contributed by atoms with E-state index in [9.17, 15) is 13.2 Å². The van der Waals surface area contributed by atoms with Gasteiger partial charge in [0.1, 0.15) is 0 Å². The summed E-state index contributed by atoms with van der Waals surface area (Å²) in [5.41, 5.74) is 3.99. The Morgan fingerprint density at radius 2 is 1.24 bits per heavy atom. The molecule has 0 aliphatic heterocycles. The molecule has 0 spiro atoms. The lowest BCUT2D eigenvalue weighted by atomic mass is 9.84. The summed E-state index contributed by atoms with van der Waals surface area (Å²) in [5.74, 6) is 0. The zero-order valence-corrected chi connectivity index (χ0v) is 13.9. The average molecular weight is 300 g/mol. The molecule has 21 heavy (non-hydrogen) atoms. The summed E-state index contributed by atoms with van der Waals surface area (Å²) in [6, 6.07) is 0. The molecule has 0 bridgehead atoms. The van der Waals surface area contributed by atoms with Crippen molar-refractivity contribution in [2.75, 3.05) is 0 Å². The summed E-state index contributed by atoms with van der Waals surface area (Å²) in [6.45, 7) is 9.86. The second-order valence-corrected chi connectivity index (χ2v) is 5.18. The highest BCUT2D eigenvalue weighted by Crippen LogP contribution is 2.43. The first kappa shape index (κ1) is 18.1. The molecule has 3 heteroatoms. The average Bonchev–Trinajstić information content (AvgIpc) is 2.93. The topological polar surface area (TPSA) is 0 Å². The molecule has 0 radical (unpaired) electrons. The highest BCUT2D eigenvalue weighted by Gasteiger charge is 2.39. The van der Waals surface area contributed by atoms with Gasteiger partial charge in [-0.2, -0.15) is 13.2 Å². The first-order chi connectivity index (χ1) is 9.95. The normalized spacial score (nSPS) is 13.7. The molecule has 1 aliphatic rings. The molecule has 0 saturated heterocycles. The fraction of sp³-hybridized carbons (Fsp3) is 0.667. The predicted molar refractivity (Wildman–Crippen MR) is 83.0 cm³/mol. The molecule has 2 rings (SSSR count). The fourth-order valence-corrected chi connectivity index (χ4v) is 3.64. The minimum absolute atomic E-state index is 0.309. The van der Waals surface area contributed by atoms with Crippen molar-refractivity contribution in [2.45, 2.75) is 79.3 Å². The van der Waals surface area contributed by atoms with E-state index in [-0.39, 0.29) is 5.56 Å². The van der Waals surface area contributed by atoms with Gasteiger partial charge in [0.15, 0.2) is 0 Å². The third-order valence-electron chi connectivity index (χ3n) is 4.26. The van der Waals surface area contributed by atoms with Gasteiger partial charge in [0.2, 0.25) is 0 Å². The second kappa shape index (κ2) is 7.33. The van der Waals surface area contributed by atoms with Crippen molar-refractivity contribution in [3.05, 3.63) is 33.4 Å². The van der Waals surface area contributed by atoms with Gasteiger partial charge in [-0.15, -0.1) is 0 Å². The van der Waals surface area contributed by atoms with Crippen LogP contribution in [0.25, 0.3) is 0 Å². The molecule has 1 aliphatic carbocycles. The first-order valence-electron chi connectivity index (χ1n) is 8.21. The molecule has 0 atom stereocenters. The van der Waals surface area contributed by atoms with Crippen molar-refractivity contribution in [2.24, 2.45) is 0 Å². The van der Waals surface area contributed by atoms with Crippen LogP contribution in [-0.4, -0.2) is 0 Å². The number of benzene rings is 1. The molecule has 1 aromatic rings. The maximum atomic E-state index is 13.4.